The van der Waals surface area contributed by atoms with Gasteiger partial charge in [0.05, 0.1) is 28.8 Å². The van der Waals surface area contributed by atoms with Crippen LogP contribution in [0.15, 0.2) is 36.4 Å². The summed E-state index contributed by atoms with van der Waals surface area (Å²) in [5.41, 5.74) is 1.33. The third-order valence-corrected chi connectivity index (χ3v) is 5.03. The van der Waals surface area contributed by atoms with Crippen molar-refractivity contribution < 1.29 is 20.1 Å². The van der Waals surface area contributed by atoms with Gasteiger partial charge in [0.1, 0.15) is 0 Å². The van der Waals surface area contributed by atoms with E-state index < -0.39 is 23.6 Å². The van der Waals surface area contributed by atoms with Crippen molar-refractivity contribution in [1.29, 1.82) is 0 Å². The lowest BCUT2D eigenvalue weighted by molar-refractivity contribution is -0.148. The van der Waals surface area contributed by atoms with E-state index in [-0.39, 0.29) is 0 Å². The van der Waals surface area contributed by atoms with E-state index in [0.29, 0.717) is 31.4 Å². The van der Waals surface area contributed by atoms with Gasteiger partial charge in [0.2, 0.25) is 0 Å². The van der Waals surface area contributed by atoms with Crippen LogP contribution in [0.25, 0.3) is 17.0 Å². The Hall–Kier alpha value is -2.24. The molecule has 3 N–H and O–H groups in total. The van der Waals surface area contributed by atoms with E-state index in [1.54, 1.807) is 19.1 Å². The minimum atomic E-state index is -0.914. The van der Waals surface area contributed by atoms with Gasteiger partial charge in [-0.25, -0.2) is 0 Å². The van der Waals surface area contributed by atoms with Crippen molar-refractivity contribution in [3.8, 4) is 0 Å². The zero-order valence-electron chi connectivity index (χ0n) is 14.2. The smallest absolute Gasteiger partial charge is 0.313 e. The van der Waals surface area contributed by atoms with E-state index in [1.807, 2.05) is 30.3 Å². The Morgan fingerprint density at radius 1 is 1.28 bits per heavy atom. The Morgan fingerprint density at radius 2 is 1.96 bits per heavy atom. The molecule has 1 aliphatic carbocycles. The number of carboxylic acid groups (broad SMARTS) is 1. The third-order valence-electron chi connectivity index (χ3n) is 5.03. The van der Waals surface area contributed by atoms with E-state index in [0.717, 1.165) is 16.5 Å². The number of aliphatic hydroxyl groups excluding tert-OH is 2. The number of carboxylic acids is 1. The van der Waals surface area contributed by atoms with Gasteiger partial charge in [-0.05, 0) is 50.3 Å². The molecule has 0 amide bonds. The molecule has 5 heteroatoms. The second-order valence-corrected chi connectivity index (χ2v) is 6.89. The fourth-order valence-electron chi connectivity index (χ4n) is 3.31. The summed E-state index contributed by atoms with van der Waals surface area (Å²) in [6, 6.07) is 9.47. The lowest BCUT2D eigenvalue weighted by atomic mass is 9.73. The molecule has 1 aromatic heterocycles. The molecule has 1 saturated carbocycles. The molecule has 0 radical (unpaired) electrons. The molecule has 1 aromatic carbocycles. The summed E-state index contributed by atoms with van der Waals surface area (Å²) < 4.78 is 0. The van der Waals surface area contributed by atoms with Gasteiger partial charge in [-0.1, -0.05) is 30.4 Å². The van der Waals surface area contributed by atoms with Crippen LogP contribution in [0.5, 0.6) is 0 Å². The fraction of sp³-hybridized carbons (Fsp3) is 0.400. The first-order chi connectivity index (χ1) is 11.9. The van der Waals surface area contributed by atoms with Crippen molar-refractivity contribution in [3.63, 3.8) is 0 Å². The van der Waals surface area contributed by atoms with Crippen LogP contribution >= 0.6 is 0 Å². The molecule has 0 spiro atoms. The third kappa shape index (κ3) is 3.72. The minimum Gasteiger partial charge on any atom is -0.481 e. The zero-order valence-corrected chi connectivity index (χ0v) is 14.2. The molecule has 3 rings (SSSR count). The maximum Gasteiger partial charge on any atom is 0.313 e. The number of aliphatic carboxylic acids is 1. The van der Waals surface area contributed by atoms with Crippen LogP contribution in [-0.2, 0) is 4.79 Å². The van der Waals surface area contributed by atoms with E-state index >= 15 is 0 Å². The standard InChI is InChI=1S/C20H23NO4/c1-13(22)17-5-4-15-3-2-14(12-18(15)21-17)6-9-20(19(24)25)10-7-16(23)8-11-20/h2-6,9,12-13,16,22-23H,7-8,10-11H2,1H3,(H,24,25). The summed E-state index contributed by atoms with van der Waals surface area (Å²) >= 11 is 0. The Morgan fingerprint density at radius 3 is 2.60 bits per heavy atom. The van der Waals surface area contributed by atoms with E-state index in [1.165, 1.54) is 0 Å². The van der Waals surface area contributed by atoms with Gasteiger partial charge < -0.3 is 15.3 Å². The van der Waals surface area contributed by atoms with Crippen LogP contribution in [0, 0.1) is 5.41 Å². The molecule has 1 heterocycles. The highest BCUT2D eigenvalue weighted by molar-refractivity contribution is 5.82. The number of pyridine rings is 1. The molecular weight excluding hydrogens is 318 g/mol. The highest BCUT2D eigenvalue weighted by atomic mass is 16.4. The summed E-state index contributed by atoms with van der Waals surface area (Å²) in [4.78, 5) is 16.2. The number of nitrogens with zero attached hydrogens (tertiary/aromatic N) is 1. The van der Waals surface area contributed by atoms with Crippen LogP contribution < -0.4 is 0 Å². The Balaban J connectivity index is 1.90. The van der Waals surface area contributed by atoms with Crippen LogP contribution in [0.3, 0.4) is 0 Å². The molecule has 0 bridgehead atoms. The number of benzene rings is 1. The average molecular weight is 341 g/mol. The molecular formula is C20H23NO4. The van der Waals surface area contributed by atoms with Crippen LogP contribution in [0.4, 0.5) is 0 Å². The van der Waals surface area contributed by atoms with Crippen molar-refractivity contribution in [2.75, 3.05) is 0 Å². The van der Waals surface area contributed by atoms with Crippen LogP contribution in [-0.4, -0.2) is 32.4 Å². The monoisotopic (exact) mass is 341 g/mol. The normalized spacial score (nSPS) is 25.3. The predicted molar refractivity (Wildman–Crippen MR) is 96.0 cm³/mol. The second-order valence-electron chi connectivity index (χ2n) is 6.89. The lowest BCUT2D eigenvalue weighted by Gasteiger charge is -2.32. The molecule has 1 atom stereocenters. The summed E-state index contributed by atoms with van der Waals surface area (Å²) in [6.07, 6.45) is 4.44. The summed E-state index contributed by atoms with van der Waals surface area (Å²) in [5.74, 6) is -0.842. The highest BCUT2D eigenvalue weighted by Crippen LogP contribution is 2.38. The van der Waals surface area contributed by atoms with Crippen molar-refractivity contribution >= 4 is 22.9 Å². The first-order valence-electron chi connectivity index (χ1n) is 8.59. The molecule has 1 aliphatic rings. The second kappa shape index (κ2) is 6.94. The highest BCUT2D eigenvalue weighted by Gasteiger charge is 2.39. The van der Waals surface area contributed by atoms with Gasteiger partial charge >= 0.3 is 5.97 Å². The SMILES string of the molecule is CC(O)c1ccc2ccc(C=CC3(C(=O)O)CCC(O)CC3)cc2n1. The van der Waals surface area contributed by atoms with Crippen LogP contribution in [0.1, 0.15) is 50.0 Å². The Bertz CT molecular complexity index is 804. The quantitative estimate of drug-likeness (QED) is 0.794. The molecule has 132 valence electrons. The summed E-state index contributed by atoms with van der Waals surface area (Å²) in [7, 11) is 0. The van der Waals surface area contributed by atoms with Gasteiger partial charge in [0, 0.05) is 5.39 Å². The van der Waals surface area contributed by atoms with Gasteiger partial charge in [-0.15, -0.1) is 0 Å². The zero-order chi connectivity index (χ0) is 18.0. The lowest BCUT2D eigenvalue weighted by Crippen LogP contribution is -2.35. The van der Waals surface area contributed by atoms with Crippen LogP contribution in [0.2, 0.25) is 0 Å². The molecule has 25 heavy (non-hydrogen) atoms. The van der Waals surface area contributed by atoms with Crippen molar-refractivity contribution in [3.05, 3.63) is 47.7 Å². The van der Waals surface area contributed by atoms with Gasteiger partial charge in [-0.3, -0.25) is 9.78 Å². The van der Waals surface area contributed by atoms with E-state index in [2.05, 4.69) is 4.98 Å². The fourth-order valence-corrected chi connectivity index (χ4v) is 3.31. The number of aliphatic hydroxyl groups is 2. The molecule has 0 saturated heterocycles. The Kier molecular flexibility index (Phi) is 4.88. The van der Waals surface area contributed by atoms with Crippen molar-refractivity contribution in [2.45, 2.75) is 44.8 Å². The van der Waals surface area contributed by atoms with Gasteiger partial charge in [0.25, 0.3) is 0 Å². The van der Waals surface area contributed by atoms with Gasteiger partial charge in [-0.2, -0.15) is 0 Å². The van der Waals surface area contributed by atoms with E-state index in [9.17, 15) is 20.1 Å². The molecule has 1 fully saturated rings. The summed E-state index contributed by atoms with van der Waals surface area (Å²) in [6.45, 7) is 1.67. The minimum absolute atomic E-state index is 0.398. The number of hydrogen-bond donors (Lipinski definition) is 3. The topological polar surface area (TPSA) is 90.7 Å². The molecule has 2 aromatic rings. The first-order valence-corrected chi connectivity index (χ1v) is 8.59. The average Bonchev–Trinajstić information content (AvgIpc) is 2.60. The number of aromatic nitrogens is 1. The number of carbonyl (C=O) groups is 1. The Labute approximate surface area is 146 Å². The number of fused-ring (bicyclic) bond motifs is 1. The maximum atomic E-state index is 11.8. The van der Waals surface area contributed by atoms with Crippen molar-refractivity contribution in [1.82, 2.24) is 4.98 Å². The largest absolute Gasteiger partial charge is 0.481 e. The van der Waals surface area contributed by atoms with Crippen molar-refractivity contribution in [2.24, 2.45) is 5.41 Å². The predicted octanol–water partition coefficient (Wildman–Crippen LogP) is 3.31. The molecule has 0 aliphatic heterocycles. The maximum absolute atomic E-state index is 11.8. The molecule has 5 nitrogen and oxygen atoms in total. The first kappa shape index (κ1) is 17.6. The summed E-state index contributed by atoms with van der Waals surface area (Å²) in [5, 5.41) is 29.9. The number of hydrogen-bond acceptors (Lipinski definition) is 4. The van der Waals surface area contributed by atoms with Gasteiger partial charge in [0.15, 0.2) is 0 Å². The number of rotatable bonds is 4. The van der Waals surface area contributed by atoms with E-state index in [4.69, 9.17) is 0 Å². The molecule has 1 unspecified atom stereocenters.